The maximum absolute atomic E-state index is 12.1. The minimum atomic E-state index is 0.0290. The Bertz CT molecular complexity index is 239. The third kappa shape index (κ3) is 2.72. The van der Waals surface area contributed by atoms with Crippen molar-refractivity contribution in [2.75, 3.05) is 40.0 Å². The number of rotatable bonds is 3. The Labute approximate surface area is 96.1 Å². The molecule has 0 aliphatic carbocycles. The molecular weight excluding hydrogens is 208 g/mol. The van der Waals surface area contributed by atoms with Gasteiger partial charge in [-0.3, -0.25) is 4.79 Å². The van der Waals surface area contributed by atoms with Gasteiger partial charge < -0.3 is 19.7 Å². The molecule has 5 nitrogen and oxygen atoms in total. The smallest absolute Gasteiger partial charge is 0.239 e. The molecule has 1 amide bonds. The van der Waals surface area contributed by atoms with E-state index in [0.29, 0.717) is 26.3 Å². The first-order chi connectivity index (χ1) is 7.81. The molecule has 2 heterocycles. The van der Waals surface area contributed by atoms with Crippen LogP contribution in [0.2, 0.25) is 0 Å². The fourth-order valence-corrected chi connectivity index (χ4v) is 2.32. The van der Waals surface area contributed by atoms with Crippen LogP contribution in [0.4, 0.5) is 0 Å². The number of morpholine rings is 1. The first-order valence-corrected chi connectivity index (χ1v) is 5.94. The van der Waals surface area contributed by atoms with Crippen LogP contribution in [0.25, 0.3) is 0 Å². The second kappa shape index (κ2) is 5.61. The number of amides is 1. The summed E-state index contributed by atoms with van der Waals surface area (Å²) in [6.45, 7) is 3.50. The molecule has 5 heteroatoms. The molecule has 0 spiro atoms. The van der Waals surface area contributed by atoms with Crippen molar-refractivity contribution >= 4 is 5.91 Å². The van der Waals surface area contributed by atoms with E-state index in [9.17, 15) is 4.79 Å². The van der Waals surface area contributed by atoms with Crippen LogP contribution in [0.3, 0.4) is 0 Å². The summed E-state index contributed by atoms with van der Waals surface area (Å²) in [7, 11) is 1.66. The molecular formula is C11H20N2O3. The summed E-state index contributed by atoms with van der Waals surface area (Å²) >= 11 is 0. The van der Waals surface area contributed by atoms with Crippen molar-refractivity contribution in [3.8, 4) is 0 Å². The van der Waals surface area contributed by atoms with Gasteiger partial charge in [-0.25, -0.2) is 0 Å². The Kier molecular flexibility index (Phi) is 4.15. The molecule has 0 bridgehead atoms. The second-order valence-electron chi connectivity index (χ2n) is 4.38. The van der Waals surface area contributed by atoms with Gasteiger partial charge in [0.25, 0.3) is 0 Å². The van der Waals surface area contributed by atoms with Crippen molar-refractivity contribution in [1.82, 2.24) is 10.2 Å². The molecule has 0 saturated carbocycles. The molecule has 2 unspecified atom stereocenters. The number of hydrogen-bond acceptors (Lipinski definition) is 4. The predicted molar refractivity (Wildman–Crippen MR) is 59.2 cm³/mol. The van der Waals surface area contributed by atoms with Crippen LogP contribution in [0.1, 0.15) is 12.8 Å². The lowest BCUT2D eigenvalue weighted by molar-refractivity contribution is -0.142. The van der Waals surface area contributed by atoms with Crippen molar-refractivity contribution in [2.45, 2.75) is 25.0 Å². The molecule has 0 aromatic heterocycles. The lowest BCUT2D eigenvalue weighted by atomic mass is 10.2. The Balaban J connectivity index is 1.85. The van der Waals surface area contributed by atoms with Gasteiger partial charge in [0.2, 0.25) is 5.91 Å². The van der Waals surface area contributed by atoms with E-state index in [2.05, 4.69) is 5.32 Å². The van der Waals surface area contributed by atoms with E-state index >= 15 is 0 Å². The first kappa shape index (κ1) is 11.8. The summed E-state index contributed by atoms with van der Waals surface area (Å²) in [6.07, 6.45) is 2.09. The number of nitrogens with one attached hydrogen (secondary N) is 1. The zero-order chi connectivity index (χ0) is 11.4. The third-order valence-electron chi connectivity index (χ3n) is 3.16. The zero-order valence-corrected chi connectivity index (χ0v) is 9.78. The van der Waals surface area contributed by atoms with Crippen molar-refractivity contribution in [3.05, 3.63) is 0 Å². The molecule has 0 radical (unpaired) electrons. The number of carbonyl (C=O) groups excluding carboxylic acids is 1. The van der Waals surface area contributed by atoms with E-state index in [0.717, 1.165) is 19.4 Å². The Hall–Kier alpha value is -0.650. The highest BCUT2D eigenvalue weighted by molar-refractivity contribution is 5.82. The molecule has 92 valence electrons. The monoisotopic (exact) mass is 228 g/mol. The van der Waals surface area contributed by atoms with Gasteiger partial charge in [-0.05, 0) is 19.4 Å². The summed E-state index contributed by atoms with van der Waals surface area (Å²) in [5.41, 5.74) is 0. The van der Waals surface area contributed by atoms with E-state index in [1.807, 2.05) is 4.90 Å². The number of nitrogens with zero attached hydrogens (tertiary/aromatic N) is 1. The highest BCUT2D eigenvalue weighted by atomic mass is 16.5. The van der Waals surface area contributed by atoms with Crippen molar-refractivity contribution in [2.24, 2.45) is 0 Å². The van der Waals surface area contributed by atoms with Crippen LogP contribution >= 0.6 is 0 Å². The van der Waals surface area contributed by atoms with Crippen molar-refractivity contribution < 1.29 is 14.3 Å². The maximum Gasteiger partial charge on any atom is 0.239 e. The van der Waals surface area contributed by atoms with Gasteiger partial charge in [0.05, 0.1) is 25.4 Å². The number of hydrogen-bond donors (Lipinski definition) is 1. The maximum atomic E-state index is 12.1. The van der Waals surface area contributed by atoms with Gasteiger partial charge in [0.15, 0.2) is 0 Å². The van der Waals surface area contributed by atoms with E-state index in [-0.39, 0.29) is 18.1 Å². The van der Waals surface area contributed by atoms with Crippen LogP contribution in [-0.2, 0) is 14.3 Å². The van der Waals surface area contributed by atoms with E-state index in [4.69, 9.17) is 9.47 Å². The zero-order valence-electron chi connectivity index (χ0n) is 9.78. The van der Waals surface area contributed by atoms with Gasteiger partial charge in [-0.15, -0.1) is 0 Å². The molecule has 16 heavy (non-hydrogen) atoms. The summed E-state index contributed by atoms with van der Waals surface area (Å²) in [5, 5.41) is 3.24. The SMILES string of the molecule is COCC1CN(C(=O)C2CCCN2)CCO1. The molecule has 0 aromatic rings. The minimum absolute atomic E-state index is 0.0290. The fourth-order valence-electron chi connectivity index (χ4n) is 2.32. The molecule has 2 rings (SSSR count). The van der Waals surface area contributed by atoms with Gasteiger partial charge in [-0.1, -0.05) is 0 Å². The molecule has 2 atom stereocenters. The van der Waals surface area contributed by atoms with Crippen molar-refractivity contribution in [3.63, 3.8) is 0 Å². The lowest BCUT2D eigenvalue weighted by Gasteiger charge is -2.34. The topological polar surface area (TPSA) is 50.8 Å². The van der Waals surface area contributed by atoms with E-state index < -0.39 is 0 Å². The molecule has 2 saturated heterocycles. The summed E-state index contributed by atoms with van der Waals surface area (Å²) in [4.78, 5) is 14.0. The fraction of sp³-hybridized carbons (Fsp3) is 0.909. The highest BCUT2D eigenvalue weighted by Crippen LogP contribution is 2.12. The molecule has 2 aliphatic rings. The third-order valence-corrected chi connectivity index (χ3v) is 3.16. The van der Waals surface area contributed by atoms with Gasteiger partial charge >= 0.3 is 0 Å². The standard InChI is InChI=1S/C11H20N2O3/c1-15-8-9-7-13(5-6-16-9)11(14)10-3-2-4-12-10/h9-10,12H,2-8H2,1H3. The average molecular weight is 228 g/mol. The van der Waals surface area contributed by atoms with Crippen LogP contribution < -0.4 is 5.32 Å². The van der Waals surface area contributed by atoms with Crippen LogP contribution in [0, 0.1) is 0 Å². The number of methoxy groups -OCH3 is 1. The Morgan fingerprint density at radius 2 is 2.50 bits per heavy atom. The Morgan fingerprint density at radius 3 is 3.19 bits per heavy atom. The predicted octanol–water partition coefficient (Wildman–Crippen LogP) is -0.388. The van der Waals surface area contributed by atoms with Crippen molar-refractivity contribution in [1.29, 1.82) is 0 Å². The minimum Gasteiger partial charge on any atom is -0.382 e. The largest absolute Gasteiger partial charge is 0.382 e. The number of ether oxygens (including phenoxy) is 2. The normalized spacial score (nSPS) is 30.7. The first-order valence-electron chi connectivity index (χ1n) is 5.94. The number of carbonyl (C=O) groups is 1. The molecule has 2 fully saturated rings. The van der Waals surface area contributed by atoms with Crippen LogP contribution in [0.15, 0.2) is 0 Å². The van der Waals surface area contributed by atoms with Gasteiger partial charge in [0.1, 0.15) is 0 Å². The quantitative estimate of drug-likeness (QED) is 0.715. The van der Waals surface area contributed by atoms with E-state index in [1.54, 1.807) is 7.11 Å². The summed E-state index contributed by atoms with van der Waals surface area (Å²) in [6, 6.07) is 0.0290. The molecule has 2 aliphatic heterocycles. The van der Waals surface area contributed by atoms with Gasteiger partial charge in [-0.2, -0.15) is 0 Å². The highest BCUT2D eigenvalue weighted by Gasteiger charge is 2.30. The molecule has 0 aromatic carbocycles. The average Bonchev–Trinajstić information content (AvgIpc) is 2.82. The van der Waals surface area contributed by atoms with Crippen LogP contribution in [0.5, 0.6) is 0 Å². The Morgan fingerprint density at radius 1 is 1.62 bits per heavy atom. The van der Waals surface area contributed by atoms with Crippen LogP contribution in [-0.4, -0.2) is 62.9 Å². The summed E-state index contributed by atoms with van der Waals surface area (Å²) in [5.74, 6) is 0.224. The molecule has 1 N–H and O–H groups in total. The summed E-state index contributed by atoms with van der Waals surface area (Å²) < 4.78 is 10.6. The van der Waals surface area contributed by atoms with Gasteiger partial charge in [0, 0.05) is 20.2 Å². The lowest BCUT2D eigenvalue weighted by Crippen LogP contribution is -2.52. The second-order valence-corrected chi connectivity index (χ2v) is 4.38. The van der Waals surface area contributed by atoms with E-state index in [1.165, 1.54) is 0 Å².